The number of fused-ring (bicyclic) bond motifs is 1. The SMILES string of the molecule is COCCNc1nc(-c2ccccc2)nc2c1ncn2Cc1ccccc1. The number of hydrogen-bond acceptors (Lipinski definition) is 5. The van der Waals surface area contributed by atoms with E-state index in [4.69, 9.17) is 14.7 Å². The molecule has 0 fully saturated rings. The molecule has 0 spiro atoms. The van der Waals surface area contributed by atoms with Crippen LogP contribution in [-0.4, -0.2) is 39.8 Å². The molecule has 0 atom stereocenters. The van der Waals surface area contributed by atoms with Gasteiger partial charge < -0.3 is 14.6 Å². The summed E-state index contributed by atoms with van der Waals surface area (Å²) in [7, 11) is 1.68. The van der Waals surface area contributed by atoms with Gasteiger partial charge in [0.1, 0.15) is 5.52 Å². The number of nitrogens with one attached hydrogen (secondary N) is 1. The van der Waals surface area contributed by atoms with Gasteiger partial charge in [0.15, 0.2) is 17.3 Å². The number of ether oxygens (including phenoxy) is 1. The van der Waals surface area contributed by atoms with Gasteiger partial charge in [-0.1, -0.05) is 60.7 Å². The molecule has 0 saturated carbocycles. The first-order valence-corrected chi connectivity index (χ1v) is 8.90. The van der Waals surface area contributed by atoms with Crippen LogP contribution in [0, 0.1) is 0 Å². The summed E-state index contributed by atoms with van der Waals surface area (Å²) in [5, 5.41) is 3.32. The van der Waals surface area contributed by atoms with E-state index < -0.39 is 0 Å². The van der Waals surface area contributed by atoms with E-state index in [1.165, 1.54) is 5.56 Å². The van der Waals surface area contributed by atoms with Crippen molar-refractivity contribution in [3.8, 4) is 11.4 Å². The molecular formula is C21H21N5O. The van der Waals surface area contributed by atoms with E-state index >= 15 is 0 Å². The summed E-state index contributed by atoms with van der Waals surface area (Å²) in [4.78, 5) is 14.1. The lowest BCUT2D eigenvalue weighted by molar-refractivity contribution is 0.210. The Labute approximate surface area is 157 Å². The number of hydrogen-bond donors (Lipinski definition) is 1. The Morgan fingerprint density at radius 2 is 1.70 bits per heavy atom. The molecule has 0 amide bonds. The lowest BCUT2D eigenvalue weighted by Crippen LogP contribution is -2.10. The predicted octanol–water partition coefficient (Wildman–Crippen LogP) is 3.60. The van der Waals surface area contributed by atoms with E-state index in [2.05, 4.69) is 27.0 Å². The van der Waals surface area contributed by atoms with Crippen LogP contribution in [0.5, 0.6) is 0 Å². The van der Waals surface area contributed by atoms with E-state index in [0.29, 0.717) is 25.5 Å². The van der Waals surface area contributed by atoms with Crippen molar-refractivity contribution >= 4 is 17.0 Å². The maximum Gasteiger partial charge on any atom is 0.166 e. The molecule has 0 aliphatic carbocycles. The first-order chi connectivity index (χ1) is 13.3. The van der Waals surface area contributed by atoms with E-state index in [1.807, 2.05) is 54.9 Å². The summed E-state index contributed by atoms with van der Waals surface area (Å²) < 4.78 is 7.20. The summed E-state index contributed by atoms with van der Waals surface area (Å²) in [5.41, 5.74) is 3.75. The molecule has 0 bridgehead atoms. The van der Waals surface area contributed by atoms with E-state index in [9.17, 15) is 0 Å². The average molecular weight is 359 g/mol. The Morgan fingerprint density at radius 1 is 0.963 bits per heavy atom. The Hall–Kier alpha value is -3.25. The van der Waals surface area contributed by atoms with Gasteiger partial charge in [-0.25, -0.2) is 15.0 Å². The van der Waals surface area contributed by atoms with Gasteiger partial charge in [-0.15, -0.1) is 0 Å². The van der Waals surface area contributed by atoms with E-state index in [0.717, 1.165) is 22.5 Å². The maximum absolute atomic E-state index is 5.14. The Bertz CT molecular complexity index is 1010. The molecule has 6 heteroatoms. The highest BCUT2D eigenvalue weighted by Crippen LogP contribution is 2.24. The van der Waals surface area contributed by atoms with Crippen LogP contribution in [0.1, 0.15) is 5.56 Å². The third-order valence-corrected chi connectivity index (χ3v) is 4.29. The number of rotatable bonds is 7. The minimum Gasteiger partial charge on any atom is -0.383 e. The standard InChI is InChI=1S/C21H21N5O/c1-27-13-12-22-20-18-21(25-19(24-20)17-10-6-3-7-11-17)26(15-23-18)14-16-8-4-2-5-9-16/h2-11,15H,12-14H2,1H3,(H,22,24,25). The van der Waals surface area contributed by atoms with Crippen molar-refractivity contribution in [2.75, 3.05) is 25.6 Å². The number of imidazole rings is 1. The zero-order valence-corrected chi connectivity index (χ0v) is 15.2. The number of methoxy groups -OCH3 is 1. The normalized spacial score (nSPS) is 11.0. The van der Waals surface area contributed by atoms with Crippen LogP contribution in [0.2, 0.25) is 0 Å². The quantitative estimate of drug-likeness (QED) is 0.511. The summed E-state index contributed by atoms with van der Waals surface area (Å²) in [6.07, 6.45) is 1.82. The molecule has 0 radical (unpaired) electrons. The third-order valence-electron chi connectivity index (χ3n) is 4.29. The molecule has 2 aromatic heterocycles. The summed E-state index contributed by atoms with van der Waals surface area (Å²) >= 11 is 0. The van der Waals surface area contributed by atoms with Gasteiger partial charge in [0.25, 0.3) is 0 Å². The van der Waals surface area contributed by atoms with Gasteiger partial charge in [-0.05, 0) is 5.56 Å². The van der Waals surface area contributed by atoms with Crippen LogP contribution in [0.4, 0.5) is 5.82 Å². The Morgan fingerprint density at radius 3 is 2.44 bits per heavy atom. The molecule has 27 heavy (non-hydrogen) atoms. The number of nitrogens with zero attached hydrogens (tertiary/aromatic N) is 4. The molecule has 2 heterocycles. The maximum atomic E-state index is 5.14. The Balaban J connectivity index is 1.78. The highest BCUT2D eigenvalue weighted by Gasteiger charge is 2.14. The highest BCUT2D eigenvalue weighted by atomic mass is 16.5. The molecule has 0 unspecified atom stereocenters. The molecule has 2 aromatic carbocycles. The van der Waals surface area contributed by atoms with E-state index in [-0.39, 0.29) is 0 Å². The highest BCUT2D eigenvalue weighted by molar-refractivity contribution is 5.85. The molecule has 0 aliphatic rings. The first kappa shape index (κ1) is 17.2. The lowest BCUT2D eigenvalue weighted by atomic mass is 10.2. The van der Waals surface area contributed by atoms with Crippen molar-refractivity contribution in [3.63, 3.8) is 0 Å². The zero-order valence-electron chi connectivity index (χ0n) is 15.2. The molecular weight excluding hydrogens is 338 g/mol. The second-order valence-electron chi connectivity index (χ2n) is 6.21. The van der Waals surface area contributed by atoms with Gasteiger partial charge >= 0.3 is 0 Å². The van der Waals surface area contributed by atoms with Crippen LogP contribution < -0.4 is 5.32 Å². The van der Waals surface area contributed by atoms with Crippen LogP contribution in [0.3, 0.4) is 0 Å². The smallest absolute Gasteiger partial charge is 0.166 e. The van der Waals surface area contributed by atoms with Crippen LogP contribution in [0.15, 0.2) is 67.0 Å². The zero-order chi connectivity index (χ0) is 18.5. The number of aromatic nitrogens is 4. The van der Waals surface area contributed by atoms with Crippen molar-refractivity contribution in [1.29, 1.82) is 0 Å². The van der Waals surface area contributed by atoms with Crippen molar-refractivity contribution in [2.45, 2.75) is 6.54 Å². The molecule has 6 nitrogen and oxygen atoms in total. The molecule has 4 rings (SSSR count). The molecule has 136 valence electrons. The van der Waals surface area contributed by atoms with Crippen molar-refractivity contribution in [2.24, 2.45) is 0 Å². The molecule has 0 saturated heterocycles. The second-order valence-corrected chi connectivity index (χ2v) is 6.21. The molecule has 0 aliphatic heterocycles. The molecule has 4 aromatic rings. The van der Waals surface area contributed by atoms with Gasteiger partial charge in [-0.2, -0.15) is 0 Å². The van der Waals surface area contributed by atoms with Crippen molar-refractivity contribution in [1.82, 2.24) is 19.5 Å². The third kappa shape index (κ3) is 3.80. The van der Waals surface area contributed by atoms with Crippen LogP contribution >= 0.6 is 0 Å². The van der Waals surface area contributed by atoms with Gasteiger partial charge in [-0.3, -0.25) is 0 Å². The van der Waals surface area contributed by atoms with Crippen molar-refractivity contribution < 1.29 is 4.74 Å². The Kier molecular flexibility index (Phi) is 5.07. The fourth-order valence-corrected chi connectivity index (χ4v) is 2.95. The van der Waals surface area contributed by atoms with Crippen molar-refractivity contribution in [3.05, 3.63) is 72.6 Å². The minimum absolute atomic E-state index is 0.594. The minimum atomic E-state index is 0.594. The van der Waals surface area contributed by atoms with Crippen LogP contribution in [0.25, 0.3) is 22.6 Å². The predicted molar refractivity (Wildman–Crippen MR) is 107 cm³/mol. The number of benzene rings is 2. The topological polar surface area (TPSA) is 64.9 Å². The summed E-state index contributed by atoms with van der Waals surface area (Å²) in [5.74, 6) is 1.40. The summed E-state index contributed by atoms with van der Waals surface area (Å²) in [6.45, 7) is 1.96. The van der Waals surface area contributed by atoms with Gasteiger partial charge in [0.05, 0.1) is 19.5 Å². The second kappa shape index (κ2) is 7.97. The number of anilines is 1. The molecule has 1 N–H and O–H groups in total. The van der Waals surface area contributed by atoms with Gasteiger partial charge in [0.2, 0.25) is 0 Å². The lowest BCUT2D eigenvalue weighted by Gasteiger charge is -2.10. The average Bonchev–Trinajstić information content (AvgIpc) is 3.12. The van der Waals surface area contributed by atoms with E-state index in [1.54, 1.807) is 7.11 Å². The van der Waals surface area contributed by atoms with Gasteiger partial charge in [0, 0.05) is 19.2 Å². The monoisotopic (exact) mass is 359 g/mol. The summed E-state index contributed by atoms with van der Waals surface area (Å²) in [6, 6.07) is 20.3. The fraction of sp³-hybridized carbons (Fsp3) is 0.190. The first-order valence-electron chi connectivity index (χ1n) is 8.90. The van der Waals surface area contributed by atoms with Crippen LogP contribution in [-0.2, 0) is 11.3 Å². The fourth-order valence-electron chi connectivity index (χ4n) is 2.95. The largest absolute Gasteiger partial charge is 0.383 e.